The molecule has 0 aromatic heterocycles. The van der Waals surface area contributed by atoms with E-state index in [1.807, 2.05) is 0 Å². The summed E-state index contributed by atoms with van der Waals surface area (Å²) in [4.78, 5) is 2.36. The topological polar surface area (TPSA) is 24.5 Å². The summed E-state index contributed by atoms with van der Waals surface area (Å²) >= 11 is 0. The molecule has 104 valence electrons. The van der Waals surface area contributed by atoms with Crippen LogP contribution in [0.25, 0.3) is 0 Å². The Bertz CT molecular complexity index is 318. The van der Waals surface area contributed by atoms with E-state index in [9.17, 15) is 4.39 Å². The lowest BCUT2D eigenvalue weighted by Crippen LogP contribution is -2.44. The molecule has 1 fully saturated rings. The van der Waals surface area contributed by atoms with Crippen molar-refractivity contribution >= 4 is 24.8 Å². The predicted molar refractivity (Wildman–Crippen MR) is 75.7 cm³/mol. The summed E-state index contributed by atoms with van der Waals surface area (Å²) in [5, 5.41) is 3.30. The lowest BCUT2D eigenvalue weighted by molar-refractivity contribution is 0.191. The SMILES string of the molecule is Cl.Cl.Fc1ccc(OCCN2CCNCC2)cc1. The number of nitrogens with one attached hydrogen (secondary N) is 1. The summed E-state index contributed by atoms with van der Waals surface area (Å²) in [7, 11) is 0. The molecule has 1 N–H and O–H groups in total. The van der Waals surface area contributed by atoms with Gasteiger partial charge in [0.15, 0.2) is 0 Å². The number of ether oxygens (including phenoxy) is 1. The summed E-state index contributed by atoms with van der Waals surface area (Å²) in [5.41, 5.74) is 0. The third-order valence-corrected chi connectivity index (χ3v) is 2.70. The van der Waals surface area contributed by atoms with Gasteiger partial charge in [0.2, 0.25) is 0 Å². The molecule has 1 aromatic rings. The van der Waals surface area contributed by atoms with E-state index in [0.717, 1.165) is 38.5 Å². The molecule has 1 aromatic carbocycles. The Hall–Kier alpha value is -0.550. The molecular weight excluding hydrogens is 278 g/mol. The second-order valence-corrected chi connectivity index (χ2v) is 3.89. The second-order valence-electron chi connectivity index (χ2n) is 3.89. The largest absolute Gasteiger partial charge is 0.492 e. The van der Waals surface area contributed by atoms with Gasteiger partial charge in [0.25, 0.3) is 0 Å². The van der Waals surface area contributed by atoms with Crippen molar-refractivity contribution < 1.29 is 9.13 Å². The number of nitrogens with zero attached hydrogens (tertiary/aromatic N) is 1. The van der Waals surface area contributed by atoms with Gasteiger partial charge in [-0.3, -0.25) is 4.90 Å². The Morgan fingerprint density at radius 3 is 2.33 bits per heavy atom. The Balaban J connectivity index is 0.00000144. The molecule has 6 heteroatoms. The first-order chi connectivity index (χ1) is 7.84. The van der Waals surface area contributed by atoms with E-state index in [0.29, 0.717) is 6.61 Å². The maximum Gasteiger partial charge on any atom is 0.123 e. The van der Waals surface area contributed by atoms with Crippen LogP contribution in [0.1, 0.15) is 0 Å². The minimum atomic E-state index is -0.227. The summed E-state index contributed by atoms with van der Waals surface area (Å²) < 4.78 is 18.2. The van der Waals surface area contributed by atoms with Gasteiger partial charge >= 0.3 is 0 Å². The van der Waals surface area contributed by atoms with E-state index in [1.54, 1.807) is 12.1 Å². The van der Waals surface area contributed by atoms with E-state index in [4.69, 9.17) is 4.74 Å². The minimum Gasteiger partial charge on any atom is -0.492 e. The molecule has 1 heterocycles. The predicted octanol–water partition coefficient (Wildman–Crippen LogP) is 1.95. The fourth-order valence-electron chi connectivity index (χ4n) is 1.76. The van der Waals surface area contributed by atoms with Gasteiger partial charge in [0, 0.05) is 32.7 Å². The van der Waals surface area contributed by atoms with Crippen molar-refractivity contribution in [2.24, 2.45) is 0 Å². The van der Waals surface area contributed by atoms with Crippen molar-refractivity contribution in [2.45, 2.75) is 0 Å². The van der Waals surface area contributed by atoms with Crippen molar-refractivity contribution in [3.8, 4) is 5.75 Å². The molecule has 1 aliphatic rings. The lowest BCUT2D eigenvalue weighted by Gasteiger charge is -2.26. The third kappa shape index (κ3) is 5.87. The third-order valence-electron chi connectivity index (χ3n) is 2.70. The van der Waals surface area contributed by atoms with Gasteiger partial charge in [-0.25, -0.2) is 4.39 Å². The summed E-state index contributed by atoms with van der Waals surface area (Å²) in [6, 6.07) is 6.15. The Kier molecular flexibility index (Phi) is 9.10. The van der Waals surface area contributed by atoms with Crippen molar-refractivity contribution in [1.29, 1.82) is 0 Å². The van der Waals surface area contributed by atoms with Gasteiger partial charge < -0.3 is 10.1 Å². The maximum atomic E-state index is 12.6. The van der Waals surface area contributed by atoms with Crippen LogP contribution in [0.5, 0.6) is 5.75 Å². The monoisotopic (exact) mass is 296 g/mol. The Morgan fingerprint density at radius 2 is 1.72 bits per heavy atom. The average molecular weight is 297 g/mol. The number of halogens is 3. The van der Waals surface area contributed by atoms with Gasteiger partial charge in [-0.15, -0.1) is 24.8 Å². The molecule has 0 unspecified atom stereocenters. The minimum absolute atomic E-state index is 0. The molecular formula is C12H19Cl2FN2O. The Morgan fingerprint density at radius 1 is 1.11 bits per heavy atom. The van der Waals surface area contributed by atoms with Crippen molar-refractivity contribution in [3.63, 3.8) is 0 Å². The molecule has 0 radical (unpaired) electrons. The van der Waals surface area contributed by atoms with Gasteiger partial charge in [-0.2, -0.15) is 0 Å². The van der Waals surface area contributed by atoms with Crippen LogP contribution in [0.2, 0.25) is 0 Å². The average Bonchev–Trinajstić information content (AvgIpc) is 2.33. The quantitative estimate of drug-likeness (QED) is 0.919. The number of hydrogen-bond donors (Lipinski definition) is 1. The number of benzene rings is 1. The van der Waals surface area contributed by atoms with Crippen LogP contribution in [0.15, 0.2) is 24.3 Å². The molecule has 0 saturated carbocycles. The second kappa shape index (κ2) is 9.39. The number of piperazine rings is 1. The highest BCUT2D eigenvalue weighted by Gasteiger charge is 2.08. The van der Waals surface area contributed by atoms with E-state index < -0.39 is 0 Å². The lowest BCUT2D eigenvalue weighted by atomic mass is 10.3. The van der Waals surface area contributed by atoms with E-state index in [2.05, 4.69) is 10.2 Å². The van der Waals surface area contributed by atoms with Crippen molar-refractivity contribution in [3.05, 3.63) is 30.1 Å². The molecule has 0 atom stereocenters. The summed E-state index contributed by atoms with van der Waals surface area (Å²) in [6.07, 6.45) is 0. The highest BCUT2D eigenvalue weighted by atomic mass is 35.5. The maximum absolute atomic E-state index is 12.6. The Labute approximate surface area is 120 Å². The molecule has 1 saturated heterocycles. The molecule has 2 rings (SSSR count). The van der Waals surface area contributed by atoms with Crippen LogP contribution in [0.3, 0.4) is 0 Å². The van der Waals surface area contributed by atoms with Crippen molar-refractivity contribution in [1.82, 2.24) is 10.2 Å². The van der Waals surface area contributed by atoms with E-state index >= 15 is 0 Å². The van der Waals surface area contributed by atoms with Gasteiger partial charge in [0.1, 0.15) is 18.2 Å². The normalized spacial score (nSPS) is 15.4. The van der Waals surface area contributed by atoms with E-state index in [-0.39, 0.29) is 30.6 Å². The molecule has 0 bridgehead atoms. The standard InChI is InChI=1S/C12H17FN2O.2ClH/c13-11-1-3-12(4-2-11)16-10-9-15-7-5-14-6-8-15;;/h1-4,14H,5-10H2;2*1H. The van der Waals surface area contributed by atoms with Crippen LogP contribution < -0.4 is 10.1 Å². The number of hydrogen-bond acceptors (Lipinski definition) is 3. The van der Waals surface area contributed by atoms with Crippen LogP contribution in [0.4, 0.5) is 4.39 Å². The van der Waals surface area contributed by atoms with Gasteiger partial charge in [-0.05, 0) is 24.3 Å². The van der Waals surface area contributed by atoms with E-state index in [1.165, 1.54) is 12.1 Å². The summed E-state index contributed by atoms with van der Waals surface area (Å²) in [6.45, 7) is 5.84. The fraction of sp³-hybridized carbons (Fsp3) is 0.500. The van der Waals surface area contributed by atoms with Crippen LogP contribution in [-0.2, 0) is 0 Å². The van der Waals surface area contributed by atoms with Crippen LogP contribution in [-0.4, -0.2) is 44.2 Å². The molecule has 0 aliphatic carbocycles. The first kappa shape index (κ1) is 17.4. The van der Waals surface area contributed by atoms with Gasteiger partial charge in [0.05, 0.1) is 0 Å². The first-order valence-electron chi connectivity index (χ1n) is 5.66. The molecule has 0 amide bonds. The smallest absolute Gasteiger partial charge is 0.123 e. The highest BCUT2D eigenvalue weighted by Crippen LogP contribution is 2.10. The number of rotatable bonds is 4. The van der Waals surface area contributed by atoms with Crippen molar-refractivity contribution in [2.75, 3.05) is 39.3 Å². The zero-order chi connectivity index (χ0) is 11.2. The fourth-order valence-corrected chi connectivity index (χ4v) is 1.76. The van der Waals surface area contributed by atoms with Crippen LogP contribution >= 0.6 is 24.8 Å². The summed E-state index contributed by atoms with van der Waals surface area (Å²) in [5.74, 6) is 0.506. The zero-order valence-electron chi connectivity index (χ0n) is 10.1. The molecule has 18 heavy (non-hydrogen) atoms. The molecule has 0 spiro atoms. The zero-order valence-corrected chi connectivity index (χ0v) is 11.7. The first-order valence-corrected chi connectivity index (χ1v) is 5.66. The molecule has 3 nitrogen and oxygen atoms in total. The molecule has 1 aliphatic heterocycles. The highest BCUT2D eigenvalue weighted by molar-refractivity contribution is 5.85. The van der Waals surface area contributed by atoms with Gasteiger partial charge in [-0.1, -0.05) is 0 Å². The van der Waals surface area contributed by atoms with Crippen LogP contribution in [0, 0.1) is 5.82 Å².